The molecule has 1 aliphatic rings. The van der Waals surface area contributed by atoms with Crippen molar-refractivity contribution in [2.24, 2.45) is 0 Å². The highest BCUT2D eigenvalue weighted by Crippen LogP contribution is 2.23. The van der Waals surface area contributed by atoms with Gasteiger partial charge in [-0.3, -0.25) is 4.79 Å². The zero-order chi connectivity index (χ0) is 13.8. The first kappa shape index (κ1) is 13.9. The topological polar surface area (TPSA) is 75.6 Å². The Labute approximate surface area is 115 Å². The molecule has 1 aromatic rings. The molecule has 0 radical (unpaired) electrons. The summed E-state index contributed by atoms with van der Waals surface area (Å²) >= 11 is 1.59. The predicted octanol–water partition coefficient (Wildman–Crippen LogP) is 1.98. The molecular weight excluding hydrogens is 266 g/mol. The van der Waals surface area contributed by atoms with Crippen LogP contribution in [-0.4, -0.2) is 35.4 Å². The Bertz CT molecular complexity index is 491. The molecular formula is C13H15NO4S. The smallest absolute Gasteiger partial charge is 0.332 e. The van der Waals surface area contributed by atoms with Crippen LogP contribution >= 0.6 is 11.8 Å². The average Bonchev–Trinajstić information content (AvgIpc) is 2.89. The monoisotopic (exact) mass is 281 g/mol. The molecule has 2 atom stereocenters. The van der Waals surface area contributed by atoms with Crippen LogP contribution in [0.2, 0.25) is 0 Å². The van der Waals surface area contributed by atoms with Crippen LogP contribution in [0.4, 0.5) is 5.69 Å². The largest absolute Gasteiger partial charge is 0.479 e. The summed E-state index contributed by atoms with van der Waals surface area (Å²) in [5, 5.41) is 11.6. The number of carbonyl (C=O) groups excluding carboxylic acids is 1. The van der Waals surface area contributed by atoms with E-state index in [4.69, 9.17) is 9.84 Å². The number of rotatable bonds is 4. The lowest BCUT2D eigenvalue weighted by Crippen LogP contribution is -2.29. The van der Waals surface area contributed by atoms with Gasteiger partial charge in [-0.2, -0.15) is 0 Å². The molecule has 1 fully saturated rings. The molecule has 0 saturated carbocycles. The zero-order valence-electron chi connectivity index (χ0n) is 10.5. The molecule has 19 heavy (non-hydrogen) atoms. The van der Waals surface area contributed by atoms with E-state index in [1.54, 1.807) is 17.8 Å². The van der Waals surface area contributed by atoms with Crippen LogP contribution in [0.3, 0.4) is 0 Å². The first-order valence-corrected chi connectivity index (χ1v) is 7.16. The molecule has 102 valence electrons. The Morgan fingerprint density at radius 1 is 1.37 bits per heavy atom. The Morgan fingerprint density at radius 2 is 2.11 bits per heavy atom. The van der Waals surface area contributed by atoms with E-state index in [0.717, 1.165) is 4.90 Å². The number of aliphatic carboxylic acids is 1. The van der Waals surface area contributed by atoms with E-state index in [1.807, 2.05) is 24.5 Å². The van der Waals surface area contributed by atoms with Gasteiger partial charge in [0.15, 0.2) is 6.10 Å². The molecule has 5 nitrogen and oxygen atoms in total. The minimum absolute atomic E-state index is 0.290. The van der Waals surface area contributed by atoms with Gasteiger partial charge in [-0.05, 0) is 37.3 Å². The highest BCUT2D eigenvalue weighted by atomic mass is 32.2. The maximum atomic E-state index is 11.9. The Kier molecular flexibility index (Phi) is 4.44. The van der Waals surface area contributed by atoms with Crippen molar-refractivity contribution in [1.29, 1.82) is 0 Å². The van der Waals surface area contributed by atoms with Crippen LogP contribution in [-0.2, 0) is 14.3 Å². The molecule has 1 aromatic carbocycles. The molecule has 0 bridgehead atoms. The fraction of sp³-hybridized carbons (Fsp3) is 0.385. The summed E-state index contributed by atoms with van der Waals surface area (Å²) in [5.41, 5.74) is 0.694. The number of amides is 1. The van der Waals surface area contributed by atoms with Crippen molar-refractivity contribution < 1.29 is 19.4 Å². The van der Waals surface area contributed by atoms with Crippen molar-refractivity contribution in [3.63, 3.8) is 0 Å². The summed E-state index contributed by atoms with van der Waals surface area (Å²) in [6, 6.07) is 7.47. The lowest BCUT2D eigenvalue weighted by Gasteiger charge is -2.12. The SMILES string of the molecule is CSc1cccc(NC(=O)[C@@H]2CC[C@H](C(=O)O)O2)c1. The third-order valence-electron chi connectivity index (χ3n) is 2.92. The molecule has 1 aliphatic heterocycles. The highest BCUT2D eigenvalue weighted by Gasteiger charge is 2.34. The van der Waals surface area contributed by atoms with Crippen molar-refractivity contribution in [2.45, 2.75) is 29.9 Å². The second-order valence-corrected chi connectivity index (χ2v) is 5.13. The quantitative estimate of drug-likeness (QED) is 0.825. The summed E-state index contributed by atoms with van der Waals surface area (Å²) in [7, 11) is 0. The predicted molar refractivity (Wildman–Crippen MR) is 72.4 cm³/mol. The Morgan fingerprint density at radius 3 is 2.74 bits per heavy atom. The molecule has 6 heteroatoms. The zero-order valence-corrected chi connectivity index (χ0v) is 11.3. The van der Waals surface area contributed by atoms with E-state index in [0.29, 0.717) is 18.5 Å². The number of ether oxygens (including phenoxy) is 1. The molecule has 0 unspecified atom stereocenters. The van der Waals surface area contributed by atoms with E-state index in [-0.39, 0.29) is 5.91 Å². The summed E-state index contributed by atoms with van der Waals surface area (Å²) in [6.07, 6.45) is 1.22. The Hall–Kier alpha value is -1.53. The summed E-state index contributed by atoms with van der Waals surface area (Å²) in [5.74, 6) is -1.30. The van der Waals surface area contributed by atoms with Crippen LogP contribution in [0.15, 0.2) is 29.2 Å². The number of benzene rings is 1. The van der Waals surface area contributed by atoms with Gasteiger partial charge in [0, 0.05) is 10.6 Å². The van der Waals surface area contributed by atoms with E-state index in [9.17, 15) is 9.59 Å². The van der Waals surface area contributed by atoms with Crippen molar-refractivity contribution in [3.8, 4) is 0 Å². The van der Waals surface area contributed by atoms with Gasteiger partial charge in [-0.1, -0.05) is 6.07 Å². The second kappa shape index (κ2) is 6.08. The average molecular weight is 281 g/mol. The number of hydrogen-bond donors (Lipinski definition) is 2. The van der Waals surface area contributed by atoms with Gasteiger partial charge in [-0.25, -0.2) is 4.79 Å². The van der Waals surface area contributed by atoms with Gasteiger partial charge in [0.25, 0.3) is 5.91 Å². The summed E-state index contributed by atoms with van der Waals surface area (Å²) in [6.45, 7) is 0. The molecule has 1 heterocycles. The number of anilines is 1. The maximum Gasteiger partial charge on any atom is 0.332 e. The van der Waals surface area contributed by atoms with Crippen LogP contribution in [0.5, 0.6) is 0 Å². The molecule has 1 amide bonds. The van der Waals surface area contributed by atoms with Crippen molar-refractivity contribution >= 4 is 29.3 Å². The number of nitrogens with one attached hydrogen (secondary N) is 1. The lowest BCUT2D eigenvalue weighted by atomic mass is 10.2. The summed E-state index contributed by atoms with van der Waals surface area (Å²) < 4.78 is 5.20. The number of carboxylic acid groups (broad SMARTS) is 1. The lowest BCUT2D eigenvalue weighted by molar-refractivity contribution is -0.150. The number of carbonyl (C=O) groups is 2. The molecule has 0 spiro atoms. The van der Waals surface area contributed by atoms with Gasteiger partial charge in [0.1, 0.15) is 6.10 Å². The first-order valence-electron chi connectivity index (χ1n) is 5.93. The molecule has 1 saturated heterocycles. The maximum absolute atomic E-state index is 11.9. The fourth-order valence-electron chi connectivity index (χ4n) is 1.94. The van der Waals surface area contributed by atoms with Gasteiger partial charge >= 0.3 is 5.97 Å². The van der Waals surface area contributed by atoms with Crippen molar-refractivity contribution in [2.75, 3.05) is 11.6 Å². The van der Waals surface area contributed by atoms with Crippen LogP contribution in [0, 0.1) is 0 Å². The molecule has 0 aliphatic carbocycles. The third-order valence-corrected chi connectivity index (χ3v) is 3.65. The first-order chi connectivity index (χ1) is 9.10. The number of thioether (sulfide) groups is 1. The van der Waals surface area contributed by atoms with E-state index < -0.39 is 18.2 Å². The molecule has 2 N–H and O–H groups in total. The normalized spacial score (nSPS) is 22.2. The highest BCUT2D eigenvalue weighted by molar-refractivity contribution is 7.98. The van der Waals surface area contributed by atoms with E-state index in [2.05, 4.69) is 5.32 Å². The second-order valence-electron chi connectivity index (χ2n) is 4.25. The van der Waals surface area contributed by atoms with Crippen molar-refractivity contribution in [3.05, 3.63) is 24.3 Å². The van der Waals surface area contributed by atoms with Crippen LogP contribution in [0.1, 0.15) is 12.8 Å². The minimum Gasteiger partial charge on any atom is -0.479 e. The standard InChI is InChI=1S/C13H15NO4S/c1-19-9-4-2-3-8(7-9)14-12(15)10-5-6-11(18-10)13(16)17/h2-4,7,10-11H,5-6H2,1H3,(H,14,15)(H,16,17)/t10-,11+/m0/s1. The Balaban J connectivity index is 1.96. The minimum atomic E-state index is -1.01. The number of carboxylic acids is 1. The third kappa shape index (κ3) is 3.48. The van der Waals surface area contributed by atoms with E-state index >= 15 is 0 Å². The van der Waals surface area contributed by atoms with E-state index in [1.165, 1.54) is 0 Å². The van der Waals surface area contributed by atoms with Gasteiger partial charge in [0.05, 0.1) is 0 Å². The summed E-state index contributed by atoms with van der Waals surface area (Å²) in [4.78, 5) is 23.7. The number of hydrogen-bond acceptors (Lipinski definition) is 4. The van der Waals surface area contributed by atoms with Gasteiger partial charge in [-0.15, -0.1) is 11.8 Å². The van der Waals surface area contributed by atoms with Crippen LogP contribution in [0.25, 0.3) is 0 Å². The fourth-order valence-corrected chi connectivity index (χ4v) is 2.39. The van der Waals surface area contributed by atoms with Crippen LogP contribution < -0.4 is 5.32 Å². The molecule has 2 rings (SSSR count). The van der Waals surface area contributed by atoms with Gasteiger partial charge in [0.2, 0.25) is 0 Å². The molecule has 0 aromatic heterocycles. The van der Waals surface area contributed by atoms with Crippen molar-refractivity contribution in [1.82, 2.24) is 0 Å². The van der Waals surface area contributed by atoms with Gasteiger partial charge < -0.3 is 15.2 Å².